The van der Waals surface area contributed by atoms with Gasteiger partial charge in [0.25, 0.3) is 0 Å². The van der Waals surface area contributed by atoms with Crippen LogP contribution in [-0.2, 0) is 17.6 Å². The van der Waals surface area contributed by atoms with E-state index >= 15 is 0 Å². The molecule has 7 heteroatoms. The van der Waals surface area contributed by atoms with Gasteiger partial charge in [-0.1, -0.05) is 54.7 Å². The van der Waals surface area contributed by atoms with E-state index in [2.05, 4.69) is 11.9 Å². The number of hydrogen-bond acceptors (Lipinski definition) is 5. The molecule has 0 aliphatic carbocycles. The first kappa shape index (κ1) is 22.0. The highest BCUT2D eigenvalue weighted by atomic mass is 32.1. The van der Waals surface area contributed by atoms with Crippen molar-refractivity contribution in [3.8, 4) is 11.3 Å². The number of para-hydroxylation sites is 1. The minimum Gasteiger partial charge on any atom is -0.441 e. The SMILES string of the molecule is CCc1ccc(N(C(=O)CCc2ncc(-c3ccccc3F)o2)c2nc3ccccc3s2)cc1. The molecule has 2 aromatic heterocycles. The zero-order valence-electron chi connectivity index (χ0n) is 18.6. The van der Waals surface area contributed by atoms with Crippen LogP contribution in [0.25, 0.3) is 21.5 Å². The molecule has 5 aromatic rings. The first-order valence-electron chi connectivity index (χ1n) is 11.1. The molecule has 0 N–H and O–H groups in total. The molecule has 0 saturated heterocycles. The van der Waals surface area contributed by atoms with Gasteiger partial charge in [0.15, 0.2) is 16.8 Å². The Morgan fingerprint density at radius 2 is 1.79 bits per heavy atom. The zero-order valence-corrected chi connectivity index (χ0v) is 19.4. The monoisotopic (exact) mass is 471 g/mol. The summed E-state index contributed by atoms with van der Waals surface area (Å²) in [4.78, 5) is 24.1. The van der Waals surface area contributed by atoms with Gasteiger partial charge < -0.3 is 4.42 Å². The molecule has 0 unspecified atom stereocenters. The zero-order chi connectivity index (χ0) is 23.5. The maximum absolute atomic E-state index is 14.1. The number of amides is 1. The highest BCUT2D eigenvalue weighted by Gasteiger charge is 2.22. The summed E-state index contributed by atoms with van der Waals surface area (Å²) in [5.41, 5.74) is 3.16. The van der Waals surface area contributed by atoms with E-state index in [1.54, 1.807) is 23.1 Å². The molecule has 0 atom stereocenters. The summed E-state index contributed by atoms with van der Waals surface area (Å²) in [5, 5.41) is 0.620. The summed E-state index contributed by atoms with van der Waals surface area (Å²) in [6.07, 6.45) is 2.88. The van der Waals surface area contributed by atoms with Gasteiger partial charge in [-0.3, -0.25) is 9.69 Å². The van der Waals surface area contributed by atoms with Crippen LogP contribution in [-0.4, -0.2) is 15.9 Å². The van der Waals surface area contributed by atoms with E-state index in [4.69, 9.17) is 9.40 Å². The molecule has 0 radical (unpaired) electrons. The normalized spacial score (nSPS) is 11.1. The van der Waals surface area contributed by atoms with Gasteiger partial charge >= 0.3 is 0 Å². The number of oxazole rings is 1. The second-order valence-corrected chi connectivity index (χ2v) is 8.82. The van der Waals surface area contributed by atoms with Gasteiger partial charge in [-0.25, -0.2) is 14.4 Å². The van der Waals surface area contributed by atoms with E-state index in [1.807, 2.05) is 48.5 Å². The van der Waals surface area contributed by atoms with E-state index in [0.717, 1.165) is 22.3 Å². The average Bonchev–Trinajstić information content (AvgIpc) is 3.51. The maximum atomic E-state index is 14.1. The van der Waals surface area contributed by atoms with Gasteiger partial charge in [0.2, 0.25) is 5.91 Å². The lowest BCUT2D eigenvalue weighted by atomic mass is 10.1. The summed E-state index contributed by atoms with van der Waals surface area (Å²) in [6.45, 7) is 2.09. The number of thiazole rings is 1. The number of anilines is 2. The molecule has 3 aromatic carbocycles. The highest BCUT2D eigenvalue weighted by Crippen LogP contribution is 2.34. The van der Waals surface area contributed by atoms with Gasteiger partial charge in [-0.15, -0.1) is 0 Å². The van der Waals surface area contributed by atoms with E-state index in [-0.39, 0.29) is 18.1 Å². The fraction of sp³-hybridized carbons (Fsp3) is 0.148. The lowest BCUT2D eigenvalue weighted by Gasteiger charge is -2.20. The third-order valence-electron chi connectivity index (χ3n) is 5.57. The summed E-state index contributed by atoms with van der Waals surface area (Å²) < 4.78 is 20.8. The number of aryl methyl sites for hydroxylation is 2. The first-order valence-corrected chi connectivity index (χ1v) is 11.9. The standard InChI is InChI=1S/C27H22FN3O2S/c1-2-18-11-13-19(14-12-18)31(27-30-22-9-5-6-10-24(22)34-27)26(32)16-15-25-29-17-23(33-25)20-7-3-4-8-21(20)28/h3-14,17H,2,15-16H2,1H3. The smallest absolute Gasteiger partial charge is 0.233 e. The van der Waals surface area contributed by atoms with Crippen molar-refractivity contribution in [2.45, 2.75) is 26.2 Å². The molecule has 1 amide bonds. The number of halogens is 1. The number of aromatic nitrogens is 2. The highest BCUT2D eigenvalue weighted by molar-refractivity contribution is 7.22. The molecule has 2 heterocycles. The Labute approximate surface area is 200 Å². The molecule has 0 saturated carbocycles. The van der Waals surface area contributed by atoms with Crippen molar-refractivity contribution in [2.75, 3.05) is 4.90 Å². The van der Waals surface area contributed by atoms with Gasteiger partial charge in [0.05, 0.1) is 27.7 Å². The number of carbonyl (C=O) groups excluding carboxylic acids is 1. The van der Waals surface area contributed by atoms with Crippen LogP contribution >= 0.6 is 11.3 Å². The third-order valence-corrected chi connectivity index (χ3v) is 6.59. The van der Waals surface area contributed by atoms with E-state index in [1.165, 1.54) is 29.2 Å². The van der Waals surface area contributed by atoms with Crippen molar-refractivity contribution in [3.63, 3.8) is 0 Å². The Morgan fingerprint density at radius 3 is 2.56 bits per heavy atom. The van der Waals surface area contributed by atoms with Crippen molar-refractivity contribution in [2.24, 2.45) is 0 Å². The van der Waals surface area contributed by atoms with Crippen LogP contribution in [0.2, 0.25) is 0 Å². The Balaban J connectivity index is 1.40. The van der Waals surface area contributed by atoms with Crippen LogP contribution in [0.5, 0.6) is 0 Å². The van der Waals surface area contributed by atoms with Gasteiger partial charge in [-0.2, -0.15) is 0 Å². The van der Waals surface area contributed by atoms with Crippen molar-refractivity contribution >= 4 is 38.3 Å². The Bertz CT molecular complexity index is 1410. The van der Waals surface area contributed by atoms with Crippen LogP contribution in [0.1, 0.15) is 24.8 Å². The lowest BCUT2D eigenvalue weighted by molar-refractivity contribution is -0.117. The predicted octanol–water partition coefficient (Wildman–Crippen LogP) is 6.95. The molecule has 34 heavy (non-hydrogen) atoms. The van der Waals surface area contributed by atoms with Crippen molar-refractivity contribution in [1.29, 1.82) is 0 Å². The van der Waals surface area contributed by atoms with Gasteiger partial charge in [0.1, 0.15) is 5.82 Å². The number of rotatable bonds is 7. The second kappa shape index (κ2) is 9.57. The van der Waals surface area contributed by atoms with Crippen molar-refractivity contribution in [3.05, 3.63) is 96.3 Å². The number of hydrogen-bond donors (Lipinski definition) is 0. The van der Waals surface area contributed by atoms with Crippen LogP contribution in [0.4, 0.5) is 15.2 Å². The summed E-state index contributed by atoms with van der Waals surface area (Å²) in [6, 6.07) is 22.2. The number of benzene rings is 3. The second-order valence-electron chi connectivity index (χ2n) is 7.81. The number of carbonyl (C=O) groups is 1. The van der Waals surface area contributed by atoms with Gasteiger partial charge in [0, 0.05) is 12.8 Å². The molecular weight excluding hydrogens is 449 g/mol. The maximum Gasteiger partial charge on any atom is 0.233 e. The third kappa shape index (κ3) is 4.47. The molecule has 0 fully saturated rings. The van der Waals surface area contributed by atoms with Gasteiger partial charge in [-0.05, 0) is 48.4 Å². The van der Waals surface area contributed by atoms with Crippen LogP contribution in [0, 0.1) is 5.82 Å². The topological polar surface area (TPSA) is 59.2 Å². The molecule has 0 aliphatic rings. The summed E-state index contributed by atoms with van der Waals surface area (Å²) in [5.74, 6) is 0.240. The molecule has 5 rings (SSSR count). The minimum absolute atomic E-state index is 0.117. The Kier molecular flexibility index (Phi) is 6.18. The minimum atomic E-state index is -0.376. The molecule has 170 valence electrons. The largest absolute Gasteiger partial charge is 0.441 e. The van der Waals surface area contributed by atoms with E-state index < -0.39 is 0 Å². The molecule has 0 bridgehead atoms. The van der Waals surface area contributed by atoms with Crippen molar-refractivity contribution in [1.82, 2.24) is 9.97 Å². The Hall–Kier alpha value is -3.84. The quantitative estimate of drug-likeness (QED) is 0.258. The van der Waals surface area contributed by atoms with E-state index in [0.29, 0.717) is 28.8 Å². The predicted molar refractivity (Wildman–Crippen MR) is 133 cm³/mol. The average molecular weight is 472 g/mol. The molecular formula is C27H22FN3O2S. The fourth-order valence-electron chi connectivity index (χ4n) is 3.73. The molecule has 0 spiro atoms. The lowest BCUT2D eigenvalue weighted by Crippen LogP contribution is -2.26. The first-order chi connectivity index (χ1) is 16.6. The van der Waals surface area contributed by atoms with Crippen LogP contribution < -0.4 is 4.90 Å². The van der Waals surface area contributed by atoms with Crippen LogP contribution in [0.15, 0.2) is 83.4 Å². The van der Waals surface area contributed by atoms with Crippen molar-refractivity contribution < 1.29 is 13.6 Å². The molecule has 0 aliphatic heterocycles. The summed E-state index contributed by atoms with van der Waals surface area (Å²) in [7, 11) is 0. The van der Waals surface area contributed by atoms with Crippen LogP contribution in [0.3, 0.4) is 0 Å². The van der Waals surface area contributed by atoms with E-state index in [9.17, 15) is 9.18 Å². The number of nitrogens with zero attached hydrogens (tertiary/aromatic N) is 3. The Morgan fingerprint density at radius 1 is 1.03 bits per heavy atom. The number of fused-ring (bicyclic) bond motifs is 1. The summed E-state index contributed by atoms with van der Waals surface area (Å²) >= 11 is 1.48. The molecule has 5 nitrogen and oxygen atoms in total. The fourth-order valence-corrected chi connectivity index (χ4v) is 4.74.